The number of para-hydroxylation sites is 1. The van der Waals surface area contributed by atoms with Gasteiger partial charge in [0, 0.05) is 13.1 Å². The van der Waals surface area contributed by atoms with Gasteiger partial charge in [0.25, 0.3) is 0 Å². The van der Waals surface area contributed by atoms with Crippen LogP contribution in [0.5, 0.6) is 0 Å². The number of rotatable bonds is 3. The molecule has 4 heteroatoms. The summed E-state index contributed by atoms with van der Waals surface area (Å²) < 4.78 is 5.02. The lowest BCUT2D eigenvalue weighted by Crippen LogP contribution is -2.12. The Hall–Kier alpha value is -2.10. The molecule has 88 valence electrons. The molecule has 2 rings (SSSR count). The van der Waals surface area contributed by atoms with E-state index in [0.29, 0.717) is 0 Å². The van der Waals surface area contributed by atoms with Crippen LogP contribution >= 0.6 is 0 Å². The lowest BCUT2D eigenvalue weighted by atomic mass is 10.3. The molecule has 0 aliphatic rings. The van der Waals surface area contributed by atoms with Gasteiger partial charge in [-0.25, -0.2) is 0 Å². The first kappa shape index (κ1) is 11.4. The highest BCUT2D eigenvalue weighted by atomic mass is 16.5. The maximum Gasteiger partial charge on any atom is 0.134 e. The summed E-state index contributed by atoms with van der Waals surface area (Å²) in [7, 11) is 1.91. The van der Waals surface area contributed by atoms with Crippen molar-refractivity contribution >= 4 is 11.4 Å². The Morgan fingerprint density at radius 1 is 1.29 bits per heavy atom. The van der Waals surface area contributed by atoms with E-state index in [1.165, 1.54) is 0 Å². The first-order chi connectivity index (χ1) is 8.16. The maximum absolute atomic E-state index is 5.02. The molecule has 1 aromatic carbocycles. The van der Waals surface area contributed by atoms with E-state index in [9.17, 15) is 0 Å². The molecule has 1 heterocycles. The molecule has 0 saturated carbocycles. The standard InChI is InChI=1S/C13H15N3O/c1-10-9-13(15-17-10)11(2)14-16(3)12-7-5-4-6-8-12/h4-9H,1-3H3/b14-11+. The summed E-state index contributed by atoms with van der Waals surface area (Å²) in [6.07, 6.45) is 0. The smallest absolute Gasteiger partial charge is 0.134 e. The molecule has 4 nitrogen and oxygen atoms in total. The molecular weight excluding hydrogens is 214 g/mol. The van der Waals surface area contributed by atoms with Crippen LogP contribution in [-0.4, -0.2) is 17.9 Å². The Bertz CT molecular complexity index is 516. The summed E-state index contributed by atoms with van der Waals surface area (Å²) in [6.45, 7) is 3.78. The van der Waals surface area contributed by atoms with E-state index in [2.05, 4.69) is 10.3 Å². The third-order valence-corrected chi connectivity index (χ3v) is 2.43. The minimum Gasteiger partial charge on any atom is -0.361 e. The second-order valence-electron chi connectivity index (χ2n) is 3.87. The Kier molecular flexibility index (Phi) is 3.23. The van der Waals surface area contributed by atoms with E-state index in [4.69, 9.17) is 4.52 Å². The highest BCUT2D eigenvalue weighted by Crippen LogP contribution is 2.12. The van der Waals surface area contributed by atoms with Crippen LogP contribution in [0.4, 0.5) is 5.69 Å². The largest absolute Gasteiger partial charge is 0.361 e. The van der Waals surface area contributed by atoms with Gasteiger partial charge in [-0.05, 0) is 26.0 Å². The molecule has 0 radical (unpaired) electrons. The fourth-order valence-corrected chi connectivity index (χ4v) is 1.51. The fraction of sp³-hybridized carbons (Fsp3) is 0.231. The highest BCUT2D eigenvalue weighted by molar-refractivity contribution is 5.97. The van der Waals surface area contributed by atoms with Crippen molar-refractivity contribution in [3.05, 3.63) is 47.9 Å². The van der Waals surface area contributed by atoms with Crippen LogP contribution in [0.1, 0.15) is 18.4 Å². The monoisotopic (exact) mass is 229 g/mol. The van der Waals surface area contributed by atoms with Crippen molar-refractivity contribution in [2.45, 2.75) is 13.8 Å². The molecule has 0 spiro atoms. The quantitative estimate of drug-likeness (QED) is 0.600. The van der Waals surface area contributed by atoms with Crippen LogP contribution in [-0.2, 0) is 0 Å². The van der Waals surface area contributed by atoms with Gasteiger partial charge >= 0.3 is 0 Å². The molecule has 17 heavy (non-hydrogen) atoms. The molecule has 2 aromatic rings. The summed E-state index contributed by atoms with van der Waals surface area (Å²) >= 11 is 0. The second-order valence-corrected chi connectivity index (χ2v) is 3.87. The average Bonchev–Trinajstić information content (AvgIpc) is 2.77. The van der Waals surface area contributed by atoms with E-state index >= 15 is 0 Å². The van der Waals surface area contributed by atoms with Crippen molar-refractivity contribution in [3.8, 4) is 0 Å². The summed E-state index contributed by atoms with van der Waals surface area (Å²) in [6, 6.07) is 11.8. The van der Waals surface area contributed by atoms with Gasteiger partial charge in [0.2, 0.25) is 0 Å². The Balaban J connectivity index is 2.19. The predicted octanol–water partition coefficient (Wildman–Crippen LogP) is 2.84. The van der Waals surface area contributed by atoms with Gasteiger partial charge in [-0.1, -0.05) is 23.4 Å². The van der Waals surface area contributed by atoms with Gasteiger partial charge < -0.3 is 4.52 Å². The van der Waals surface area contributed by atoms with Gasteiger partial charge in [0.05, 0.1) is 11.4 Å². The Morgan fingerprint density at radius 2 is 2.00 bits per heavy atom. The van der Waals surface area contributed by atoms with Gasteiger partial charge in [-0.3, -0.25) is 5.01 Å². The third-order valence-electron chi connectivity index (χ3n) is 2.43. The molecule has 0 saturated heterocycles. The van der Waals surface area contributed by atoms with Crippen LogP contribution in [0.3, 0.4) is 0 Å². The van der Waals surface area contributed by atoms with Gasteiger partial charge in [0.15, 0.2) is 0 Å². The van der Waals surface area contributed by atoms with Crippen molar-refractivity contribution < 1.29 is 4.52 Å². The second kappa shape index (κ2) is 4.82. The van der Waals surface area contributed by atoms with E-state index in [1.807, 2.05) is 62.3 Å². The lowest BCUT2D eigenvalue weighted by molar-refractivity contribution is 0.396. The molecule has 0 unspecified atom stereocenters. The first-order valence-corrected chi connectivity index (χ1v) is 5.44. The number of benzene rings is 1. The molecule has 0 bridgehead atoms. The van der Waals surface area contributed by atoms with Crippen molar-refractivity contribution in [1.29, 1.82) is 0 Å². The molecule has 0 fully saturated rings. The Labute approximate surface area is 101 Å². The van der Waals surface area contributed by atoms with Crippen LogP contribution in [0, 0.1) is 6.92 Å². The van der Waals surface area contributed by atoms with Crippen LogP contribution in [0.2, 0.25) is 0 Å². The minimum absolute atomic E-state index is 0.769. The number of aryl methyl sites for hydroxylation is 1. The van der Waals surface area contributed by atoms with Crippen molar-refractivity contribution in [2.24, 2.45) is 5.10 Å². The topological polar surface area (TPSA) is 41.6 Å². The zero-order valence-electron chi connectivity index (χ0n) is 10.2. The van der Waals surface area contributed by atoms with E-state index in [0.717, 1.165) is 22.9 Å². The number of aromatic nitrogens is 1. The molecule has 1 aromatic heterocycles. The fourth-order valence-electron chi connectivity index (χ4n) is 1.51. The Morgan fingerprint density at radius 3 is 2.59 bits per heavy atom. The summed E-state index contributed by atoms with van der Waals surface area (Å²) in [5.41, 5.74) is 2.63. The number of hydrazone groups is 1. The van der Waals surface area contributed by atoms with Crippen molar-refractivity contribution in [3.63, 3.8) is 0 Å². The van der Waals surface area contributed by atoms with E-state index in [-0.39, 0.29) is 0 Å². The molecule has 0 atom stereocenters. The van der Waals surface area contributed by atoms with Crippen molar-refractivity contribution in [1.82, 2.24) is 5.16 Å². The van der Waals surface area contributed by atoms with Crippen molar-refractivity contribution in [2.75, 3.05) is 12.1 Å². The van der Waals surface area contributed by atoms with Gasteiger partial charge in [-0.2, -0.15) is 5.10 Å². The number of anilines is 1. The number of hydrogen-bond acceptors (Lipinski definition) is 4. The van der Waals surface area contributed by atoms with Crippen LogP contribution < -0.4 is 5.01 Å². The molecule has 0 amide bonds. The summed E-state index contributed by atoms with van der Waals surface area (Å²) in [5, 5.41) is 10.2. The zero-order valence-corrected chi connectivity index (χ0v) is 10.2. The normalized spacial score (nSPS) is 11.6. The predicted molar refractivity (Wildman–Crippen MR) is 68.3 cm³/mol. The van der Waals surface area contributed by atoms with Crippen LogP contribution in [0.25, 0.3) is 0 Å². The van der Waals surface area contributed by atoms with Gasteiger partial charge in [0.1, 0.15) is 11.5 Å². The summed E-state index contributed by atoms with van der Waals surface area (Å²) in [5.74, 6) is 0.789. The number of nitrogens with zero attached hydrogens (tertiary/aromatic N) is 3. The molecule has 0 aliphatic carbocycles. The summed E-state index contributed by atoms with van der Waals surface area (Å²) in [4.78, 5) is 0. The third kappa shape index (κ3) is 2.72. The van der Waals surface area contributed by atoms with Gasteiger partial charge in [-0.15, -0.1) is 0 Å². The first-order valence-electron chi connectivity index (χ1n) is 5.44. The number of hydrogen-bond donors (Lipinski definition) is 0. The molecular formula is C13H15N3O. The maximum atomic E-state index is 5.02. The molecule has 0 N–H and O–H groups in total. The zero-order chi connectivity index (χ0) is 12.3. The molecule has 0 aliphatic heterocycles. The highest BCUT2D eigenvalue weighted by Gasteiger charge is 2.05. The average molecular weight is 229 g/mol. The van der Waals surface area contributed by atoms with E-state index in [1.54, 1.807) is 0 Å². The van der Waals surface area contributed by atoms with E-state index < -0.39 is 0 Å². The minimum atomic E-state index is 0.769. The van der Waals surface area contributed by atoms with Crippen LogP contribution in [0.15, 0.2) is 46.0 Å². The lowest BCUT2D eigenvalue weighted by Gasteiger charge is -2.13. The SMILES string of the molecule is C/C(=N\N(C)c1ccccc1)c1cc(C)on1.